The van der Waals surface area contributed by atoms with Crippen LogP contribution in [0.25, 0.3) is 0 Å². The van der Waals surface area contributed by atoms with E-state index in [2.05, 4.69) is 33.3 Å². The van der Waals surface area contributed by atoms with Gasteiger partial charge in [-0.05, 0) is 0 Å². The monoisotopic (exact) mass is 310 g/mol. The number of carbonyl (C=O) groups excluding carboxylic acids is 1. The van der Waals surface area contributed by atoms with E-state index in [1.165, 1.54) is 0 Å². The molecule has 0 spiro atoms. The molecule has 2 N–H and O–H groups in total. The van der Waals surface area contributed by atoms with E-state index in [1.54, 1.807) is 0 Å². The van der Waals surface area contributed by atoms with Gasteiger partial charge in [0.05, 0.1) is 4.79 Å². The minimum Gasteiger partial charge on any atom is 0 e. The summed E-state index contributed by atoms with van der Waals surface area (Å²) in [6.45, 7) is 22.5. The average molecular weight is 310 g/mol. The largest absolute Gasteiger partial charge is 0 e. The SMILES string of the molecule is O=C([OH2+])C(F)(F)F.[C-]#[O+].[C-]#[O+].[C-]#[O+].[C-]#[O+].[C-]#[O+].[Mn]. The number of alkyl halides is 3. The van der Waals surface area contributed by atoms with Crippen LogP contribution in [-0.4, -0.2) is 17.3 Å². The van der Waals surface area contributed by atoms with Crippen molar-refractivity contribution >= 4 is 5.97 Å². The first-order valence-corrected chi connectivity index (χ1v) is 2.29. The van der Waals surface area contributed by atoms with Crippen LogP contribution in [0.15, 0.2) is 0 Å². The molecule has 0 rings (SSSR count). The third-order valence-electron chi connectivity index (χ3n) is 0.257. The first kappa shape index (κ1) is 43.9. The Morgan fingerprint density at radius 2 is 0.833 bits per heavy atom. The van der Waals surface area contributed by atoms with Crippen molar-refractivity contribution in [1.82, 2.24) is 0 Å². The van der Waals surface area contributed by atoms with E-state index in [0.29, 0.717) is 0 Å². The van der Waals surface area contributed by atoms with E-state index in [4.69, 9.17) is 33.2 Å². The summed E-state index contributed by atoms with van der Waals surface area (Å²) in [5, 5.41) is 5.47. The van der Waals surface area contributed by atoms with Crippen molar-refractivity contribution in [2.45, 2.75) is 6.18 Å². The van der Waals surface area contributed by atoms with Crippen LogP contribution in [0.3, 0.4) is 0 Å². The van der Waals surface area contributed by atoms with Gasteiger partial charge in [0.15, 0.2) is 0 Å². The fourth-order valence-corrected chi connectivity index (χ4v) is 0. The van der Waals surface area contributed by atoms with Gasteiger partial charge >= 0.3 is 68.7 Å². The fourth-order valence-electron chi connectivity index (χ4n) is 0. The van der Waals surface area contributed by atoms with Crippen LogP contribution in [0.2, 0.25) is 0 Å². The van der Waals surface area contributed by atoms with Gasteiger partial charge in [0.25, 0.3) is 0 Å². The Bertz CT molecular complexity index is 216. The maximum absolute atomic E-state index is 10.6. The maximum atomic E-state index is 10.6. The molecular weight excluding hydrogens is 308 g/mol. The number of halogens is 3. The molecule has 0 heterocycles. The zero-order valence-electron chi connectivity index (χ0n) is 7.96. The number of rotatable bonds is 0. The van der Waals surface area contributed by atoms with Gasteiger partial charge in [-0.3, -0.25) is 0 Å². The Balaban J connectivity index is -0.0000000189. The Morgan fingerprint density at radius 3 is 0.833 bits per heavy atom. The molecule has 0 unspecified atom stereocenters. The predicted octanol–water partition coefficient (Wildman–Crippen LogP) is -0.390. The van der Waals surface area contributed by atoms with Crippen LogP contribution in [-0.2, 0) is 45.1 Å². The van der Waals surface area contributed by atoms with Crippen molar-refractivity contribution in [3.8, 4) is 0 Å². The summed E-state index contributed by atoms with van der Waals surface area (Å²) >= 11 is 0. The van der Waals surface area contributed by atoms with E-state index < -0.39 is 12.1 Å². The minimum atomic E-state index is -4.97. The smallest absolute Gasteiger partial charge is 0 e. The van der Waals surface area contributed by atoms with Gasteiger partial charge in [-0.15, -0.1) is 0 Å². The standard InChI is InChI=1S/C2HF3O2.5CO.Mn/c3-2(4,5)1(6)7;5*1-2;/h(H,6,7);;;;;;/p+1. The topological polar surface area (TPSA) is 139 Å². The van der Waals surface area contributed by atoms with Crippen molar-refractivity contribution < 1.29 is 63.4 Å². The normalized spacial score (nSPS) is 4.94. The second-order valence-electron chi connectivity index (χ2n) is 0.827. The van der Waals surface area contributed by atoms with Crippen LogP contribution in [0.5, 0.6) is 0 Å². The Hall–Kier alpha value is -1.52. The molecule has 1 radical (unpaired) electrons. The third-order valence-corrected chi connectivity index (χ3v) is 0.257. The molecule has 11 heteroatoms. The molecule has 99 valence electrons. The average Bonchev–Trinajstić information content (AvgIpc) is 2.40. The third kappa shape index (κ3) is 131. The first-order chi connectivity index (χ1) is 7.94. The molecule has 7 nitrogen and oxygen atoms in total. The summed E-state index contributed by atoms with van der Waals surface area (Å²) in [5.41, 5.74) is 0. The number of hydrogen-bond donors (Lipinski definition) is 0. The summed E-state index contributed by atoms with van der Waals surface area (Å²) in [6.07, 6.45) is -4.97. The molecule has 0 saturated carbocycles. The van der Waals surface area contributed by atoms with E-state index in [0.717, 1.165) is 0 Å². The molecule has 0 aromatic carbocycles. The minimum absolute atomic E-state index is 0. The molecule has 0 aliphatic rings. The van der Waals surface area contributed by atoms with Crippen molar-refractivity contribution in [2.24, 2.45) is 0 Å². The van der Waals surface area contributed by atoms with Crippen LogP contribution in [0.4, 0.5) is 13.2 Å². The molecule has 0 aliphatic carbocycles. The maximum Gasteiger partial charge on any atom is 0 e. The summed E-state index contributed by atoms with van der Waals surface area (Å²) in [5.74, 6) is -2.51. The van der Waals surface area contributed by atoms with Crippen molar-refractivity contribution in [3.05, 3.63) is 33.3 Å². The quantitative estimate of drug-likeness (QED) is 0.335. The van der Waals surface area contributed by atoms with Gasteiger partial charge in [-0.25, -0.2) is 0 Å². The molecule has 0 aromatic heterocycles. The molecule has 0 amide bonds. The second kappa shape index (κ2) is 58.0. The second-order valence-corrected chi connectivity index (χ2v) is 0.827. The molecule has 0 aromatic rings. The van der Waals surface area contributed by atoms with Gasteiger partial charge in [-0.1, -0.05) is 0 Å². The van der Waals surface area contributed by atoms with Gasteiger partial charge in [-0.2, -0.15) is 13.2 Å². The van der Waals surface area contributed by atoms with E-state index in [9.17, 15) is 13.2 Å². The van der Waals surface area contributed by atoms with Crippen LogP contribution in [0.1, 0.15) is 0 Å². The van der Waals surface area contributed by atoms with E-state index in [1.807, 2.05) is 0 Å². The van der Waals surface area contributed by atoms with Gasteiger partial charge in [0, 0.05) is 17.1 Å². The summed E-state index contributed by atoms with van der Waals surface area (Å²) in [7, 11) is 0. The van der Waals surface area contributed by atoms with Gasteiger partial charge in [0.2, 0.25) is 0 Å². The van der Waals surface area contributed by atoms with Crippen molar-refractivity contribution in [2.75, 3.05) is 0 Å². The molecular formula is C7H2F3MnO7+. The van der Waals surface area contributed by atoms with Gasteiger partial charge in [0.1, 0.15) is 0 Å². The summed E-state index contributed by atoms with van der Waals surface area (Å²) in [6, 6.07) is 0. The Kier molecular flexibility index (Phi) is 142. The molecule has 18 heavy (non-hydrogen) atoms. The van der Waals surface area contributed by atoms with Crippen LogP contribution in [0, 0.1) is 33.3 Å². The number of hydrogen-bond acceptors (Lipinski definition) is 1. The first-order valence-electron chi connectivity index (χ1n) is 2.29. The van der Waals surface area contributed by atoms with E-state index in [-0.39, 0.29) is 17.1 Å². The molecule has 0 atom stereocenters. The molecule has 0 bridgehead atoms. The molecule has 0 fully saturated rings. The molecule has 0 saturated heterocycles. The zero-order chi connectivity index (χ0) is 16.1. The predicted molar refractivity (Wildman–Crippen MR) is 34.3 cm³/mol. The molecule has 0 aliphatic heterocycles. The van der Waals surface area contributed by atoms with Gasteiger partial charge < -0.3 is 5.11 Å². The zero-order valence-corrected chi connectivity index (χ0v) is 9.14. The Labute approximate surface area is 109 Å². The summed E-state index contributed by atoms with van der Waals surface area (Å²) < 4.78 is 69.4. The summed E-state index contributed by atoms with van der Waals surface area (Å²) in [4.78, 5) is 9.01. The van der Waals surface area contributed by atoms with Crippen LogP contribution < -0.4 is 0 Å². The van der Waals surface area contributed by atoms with E-state index >= 15 is 0 Å². The van der Waals surface area contributed by atoms with Crippen molar-refractivity contribution in [1.29, 1.82) is 0 Å². The van der Waals surface area contributed by atoms with Crippen LogP contribution >= 0.6 is 0 Å². The number of carbonyl (C=O) groups is 1. The Morgan fingerprint density at radius 1 is 0.778 bits per heavy atom. The van der Waals surface area contributed by atoms with Crippen molar-refractivity contribution in [3.63, 3.8) is 0 Å². The fraction of sp³-hybridized carbons (Fsp3) is 0.143.